The van der Waals surface area contributed by atoms with Crippen molar-refractivity contribution in [1.82, 2.24) is 15.2 Å². The molecule has 2 fully saturated rings. The maximum Gasteiger partial charge on any atom is 0.191 e. The predicted octanol–water partition coefficient (Wildman–Crippen LogP) is 2.69. The van der Waals surface area contributed by atoms with Crippen molar-refractivity contribution < 1.29 is 8.42 Å². The monoisotopic (exact) mass is 508 g/mol. The number of aromatic nitrogens is 1. The number of guanidine groups is 1. The molecule has 3 rings (SSSR count). The van der Waals surface area contributed by atoms with Gasteiger partial charge in [0.2, 0.25) is 0 Å². The third kappa shape index (κ3) is 6.96. The summed E-state index contributed by atoms with van der Waals surface area (Å²) in [6, 6.07) is 2.52. The van der Waals surface area contributed by atoms with Gasteiger partial charge in [-0.2, -0.15) is 0 Å². The SMILES string of the molecule is CC1CCCCC1NC(=NCc1ccn(C)c1)NCC1CCS(=O)(=O)C1.I. The van der Waals surface area contributed by atoms with Crippen LogP contribution in [-0.2, 0) is 23.4 Å². The number of halogens is 1. The van der Waals surface area contributed by atoms with Crippen molar-refractivity contribution in [2.24, 2.45) is 23.9 Å². The zero-order chi connectivity index (χ0) is 18.6. The van der Waals surface area contributed by atoms with E-state index in [2.05, 4.69) is 29.8 Å². The zero-order valence-electron chi connectivity index (χ0n) is 16.4. The van der Waals surface area contributed by atoms with Crippen molar-refractivity contribution in [3.63, 3.8) is 0 Å². The number of aliphatic imine (C=N–C) groups is 1. The fourth-order valence-corrected chi connectivity index (χ4v) is 5.82. The summed E-state index contributed by atoms with van der Waals surface area (Å²) in [7, 11) is -0.826. The number of sulfone groups is 1. The second-order valence-corrected chi connectivity index (χ2v) is 10.2. The van der Waals surface area contributed by atoms with Crippen LogP contribution in [0.5, 0.6) is 0 Å². The summed E-state index contributed by atoms with van der Waals surface area (Å²) in [5.41, 5.74) is 1.17. The van der Waals surface area contributed by atoms with E-state index in [9.17, 15) is 8.42 Å². The number of nitrogens with one attached hydrogen (secondary N) is 2. The van der Waals surface area contributed by atoms with Gasteiger partial charge in [0.05, 0.1) is 18.1 Å². The molecule has 2 heterocycles. The molecule has 0 spiro atoms. The van der Waals surface area contributed by atoms with Gasteiger partial charge in [0, 0.05) is 32.0 Å². The first kappa shape index (κ1) is 22.5. The summed E-state index contributed by atoms with van der Waals surface area (Å²) >= 11 is 0. The number of hydrogen-bond acceptors (Lipinski definition) is 3. The van der Waals surface area contributed by atoms with Crippen LogP contribution >= 0.6 is 24.0 Å². The van der Waals surface area contributed by atoms with Crippen molar-refractivity contribution in [2.45, 2.75) is 51.6 Å². The first-order valence-corrected chi connectivity index (χ1v) is 11.6. The average Bonchev–Trinajstić information content (AvgIpc) is 3.17. The van der Waals surface area contributed by atoms with Crippen LogP contribution in [-0.4, -0.2) is 43.0 Å². The van der Waals surface area contributed by atoms with Crippen LogP contribution in [0.25, 0.3) is 0 Å². The van der Waals surface area contributed by atoms with Gasteiger partial charge in [0.15, 0.2) is 15.8 Å². The summed E-state index contributed by atoms with van der Waals surface area (Å²) in [6.45, 7) is 3.59. The Morgan fingerprint density at radius 2 is 2.07 bits per heavy atom. The zero-order valence-corrected chi connectivity index (χ0v) is 19.5. The van der Waals surface area contributed by atoms with Crippen molar-refractivity contribution >= 4 is 39.8 Å². The Balaban J connectivity index is 0.00000261. The molecule has 154 valence electrons. The van der Waals surface area contributed by atoms with E-state index in [1.165, 1.54) is 31.2 Å². The van der Waals surface area contributed by atoms with E-state index >= 15 is 0 Å². The summed E-state index contributed by atoms with van der Waals surface area (Å²) < 4.78 is 25.4. The maximum absolute atomic E-state index is 11.7. The van der Waals surface area contributed by atoms with Crippen LogP contribution in [0.2, 0.25) is 0 Å². The van der Waals surface area contributed by atoms with E-state index < -0.39 is 9.84 Å². The molecular formula is C19H33IN4O2S. The minimum absolute atomic E-state index is 0. The lowest BCUT2D eigenvalue weighted by molar-refractivity contribution is 0.306. The van der Waals surface area contributed by atoms with Crippen molar-refractivity contribution in [3.8, 4) is 0 Å². The Labute approximate surface area is 180 Å². The van der Waals surface area contributed by atoms with E-state index in [0.29, 0.717) is 36.6 Å². The first-order chi connectivity index (χ1) is 12.4. The molecule has 0 aromatic carbocycles. The second-order valence-electron chi connectivity index (χ2n) is 8.01. The van der Waals surface area contributed by atoms with Gasteiger partial charge in [-0.15, -0.1) is 24.0 Å². The highest BCUT2D eigenvalue weighted by Gasteiger charge is 2.28. The lowest BCUT2D eigenvalue weighted by Crippen LogP contribution is -2.48. The molecule has 0 radical (unpaired) electrons. The van der Waals surface area contributed by atoms with Crippen LogP contribution < -0.4 is 10.6 Å². The van der Waals surface area contributed by atoms with E-state index in [1.54, 1.807) is 0 Å². The lowest BCUT2D eigenvalue weighted by atomic mass is 9.86. The number of rotatable bonds is 5. The number of hydrogen-bond donors (Lipinski definition) is 2. The van der Waals surface area contributed by atoms with E-state index in [0.717, 1.165) is 12.4 Å². The summed E-state index contributed by atoms with van der Waals surface area (Å²) in [5.74, 6) is 2.26. The molecule has 0 bridgehead atoms. The van der Waals surface area contributed by atoms with E-state index in [4.69, 9.17) is 4.99 Å². The number of aryl methyl sites for hydroxylation is 1. The van der Waals surface area contributed by atoms with Crippen molar-refractivity contribution in [3.05, 3.63) is 24.0 Å². The van der Waals surface area contributed by atoms with Gasteiger partial charge in [-0.1, -0.05) is 19.8 Å². The van der Waals surface area contributed by atoms with Crippen LogP contribution in [0.4, 0.5) is 0 Å². The molecule has 1 aromatic rings. The second kappa shape index (κ2) is 10.1. The molecule has 2 N–H and O–H groups in total. The van der Waals surface area contributed by atoms with E-state index in [-0.39, 0.29) is 29.9 Å². The summed E-state index contributed by atoms with van der Waals surface area (Å²) in [6.07, 6.45) is 9.85. The first-order valence-electron chi connectivity index (χ1n) is 9.77. The van der Waals surface area contributed by atoms with Gasteiger partial charge in [-0.05, 0) is 42.7 Å². The van der Waals surface area contributed by atoms with Gasteiger partial charge in [0.1, 0.15) is 0 Å². The Bertz CT molecular complexity index is 732. The molecule has 1 saturated heterocycles. The minimum atomic E-state index is -2.83. The molecular weight excluding hydrogens is 475 g/mol. The minimum Gasteiger partial charge on any atom is -0.357 e. The fraction of sp³-hybridized carbons (Fsp3) is 0.737. The lowest BCUT2D eigenvalue weighted by Gasteiger charge is -2.31. The molecule has 27 heavy (non-hydrogen) atoms. The molecule has 1 saturated carbocycles. The Morgan fingerprint density at radius 3 is 2.70 bits per heavy atom. The highest BCUT2D eigenvalue weighted by molar-refractivity contribution is 14.0. The highest BCUT2D eigenvalue weighted by atomic mass is 127. The predicted molar refractivity (Wildman–Crippen MR) is 121 cm³/mol. The Morgan fingerprint density at radius 1 is 1.30 bits per heavy atom. The molecule has 0 amide bonds. The standard InChI is InChI=1S/C19H32N4O2S.HI/c1-15-5-3-4-6-18(15)22-19(20-11-16-7-9-23(2)13-16)21-12-17-8-10-26(24,25)14-17;/h7,9,13,15,17-18H,3-6,8,10-12,14H2,1-2H3,(H2,20,21,22);1H. The van der Waals surface area contributed by atoms with Gasteiger partial charge in [0.25, 0.3) is 0 Å². The molecule has 3 unspecified atom stereocenters. The Hall–Kier alpha value is -0.770. The molecule has 1 aromatic heterocycles. The normalized spacial score (nSPS) is 27.8. The largest absolute Gasteiger partial charge is 0.357 e. The van der Waals surface area contributed by atoms with Gasteiger partial charge >= 0.3 is 0 Å². The van der Waals surface area contributed by atoms with Crippen LogP contribution in [0.3, 0.4) is 0 Å². The third-order valence-electron chi connectivity index (χ3n) is 5.63. The topological polar surface area (TPSA) is 75.5 Å². The van der Waals surface area contributed by atoms with E-state index in [1.807, 2.05) is 17.8 Å². The molecule has 3 atom stereocenters. The van der Waals surface area contributed by atoms with Crippen molar-refractivity contribution in [2.75, 3.05) is 18.1 Å². The summed E-state index contributed by atoms with van der Waals surface area (Å²) in [4.78, 5) is 4.76. The molecule has 8 heteroatoms. The molecule has 6 nitrogen and oxygen atoms in total. The van der Waals surface area contributed by atoms with Gasteiger partial charge < -0.3 is 15.2 Å². The third-order valence-corrected chi connectivity index (χ3v) is 7.47. The fourth-order valence-electron chi connectivity index (χ4n) is 3.96. The van der Waals surface area contributed by atoms with Gasteiger partial charge in [-0.3, -0.25) is 0 Å². The number of nitrogens with zero attached hydrogens (tertiary/aromatic N) is 2. The molecule has 2 aliphatic rings. The molecule has 1 aliphatic carbocycles. The van der Waals surface area contributed by atoms with Crippen LogP contribution in [0.1, 0.15) is 44.6 Å². The van der Waals surface area contributed by atoms with Crippen LogP contribution in [0, 0.1) is 11.8 Å². The average molecular weight is 508 g/mol. The smallest absolute Gasteiger partial charge is 0.191 e. The van der Waals surface area contributed by atoms with Gasteiger partial charge in [-0.25, -0.2) is 13.4 Å². The maximum atomic E-state index is 11.7. The molecule has 1 aliphatic heterocycles. The highest BCUT2D eigenvalue weighted by Crippen LogP contribution is 2.23. The van der Waals surface area contributed by atoms with Crippen LogP contribution in [0.15, 0.2) is 23.5 Å². The summed E-state index contributed by atoms with van der Waals surface area (Å²) in [5, 5.41) is 7.02. The quantitative estimate of drug-likeness (QED) is 0.365. The van der Waals surface area contributed by atoms with Crippen molar-refractivity contribution in [1.29, 1.82) is 0 Å². The Kier molecular flexibility index (Phi) is 8.45.